The maximum absolute atomic E-state index is 12.5. The molecule has 2 aromatic carbocycles. The largest absolute Gasteiger partial charge is 0.451 e. The number of fused-ring (bicyclic) bond motifs is 3. The van der Waals surface area contributed by atoms with E-state index >= 15 is 0 Å². The van der Waals surface area contributed by atoms with Gasteiger partial charge in [-0.1, -0.05) is 29.8 Å². The highest BCUT2D eigenvalue weighted by Gasteiger charge is 2.25. The summed E-state index contributed by atoms with van der Waals surface area (Å²) in [5.41, 5.74) is 8.89. The van der Waals surface area contributed by atoms with Gasteiger partial charge in [-0.05, 0) is 56.9 Å². The molecule has 4 aromatic rings. The van der Waals surface area contributed by atoms with E-state index < -0.39 is 6.09 Å². The summed E-state index contributed by atoms with van der Waals surface area (Å²) in [7, 11) is 1.39. The number of benzene rings is 2. The molecule has 0 spiro atoms. The van der Waals surface area contributed by atoms with Gasteiger partial charge >= 0.3 is 6.09 Å². The minimum Gasteiger partial charge on any atom is -0.451 e. The molecule has 0 fully saturated rings. The van der Waals surface area contributed by atoms with E-state index in [1.807, 2.05) is 0 Å². The normalized spacial score (nSPS) is 11.5. The Morgan fingerprint density at radius 3 is 2.19 bits per heavy atom. The van der Waals surface area contributed by atoms with Crippen molar-refractivity contribution in [2.45, 2.75) is 34.6 Å². The van der Waals surface area contributed by atoms with Crippen LogP contribution in [-0.4, -0.2) is 23.0 Å². The van der Waals surface area contributed by atoms with Gasteiger partial charge < -0.3 is 4.74 Å². The third kappa shape index (κ3) is 2.49. The molecule has 0 atom stereocenters. The second-order valence-electron chi connectivity index (χ2n) is 7.08. The average molecular weight is 378 g/mol. The second-order valence-corrected chi connectivity index (χ2v) is 8.10. The molecule has 27 heavy (non-hydrogen) atoms. The monoisotopic (exact) mass is 378 g/mol. The molecule has 0 aliphatic carbocycles. The number of aryl methyl sites for hydroxylation is 3. The zero-order valence-electron chi connectivity index (χ0n) is 16.4. The summed E-state index contributed by atoms with van der Waals surface area (Å²) >= 11 is 1.71. The van der Waals surface area contributed by atoms with Crippen molar-refractivity contribution in [2.75, 3.05) is 7.11 Å². The maximum Gasteiger partial charge on any atom is 0.435 e. The number of hydrogen-bond donors (Lipinski definition) is 0. The first-order valence-electron chi connectivity index (χ1n) is 8.92. The van der Waals surface area contributed by atoms with Gasteiger partial charge in [0.1, 0.15) is 11.2 Å². The molecule has 2 aromatic heterocycles. The molecule has 0 bridgehead atoms. The lowest BCUT2D eigenvalue weighted by molar-refractivity contribution is 0.170. The number of thiophene rings is 1. The Labute approximate surface area is 162 Å². The van der Waals surface area contributed by atoms with Crippen LogP contribution in [0.3, 0.4) is 0 Å². The molecule has 0 aliphatic heterocycles. The van der Waals surface area contributed by atoms with E-state index in [0.717, 1.165) is 26.9 Å². The molecule has 4 nitrogen and oxygen atoms in total. The molecular formula is C22H22N2O2S. The number of carbonyl (C=O) groups is 1. The third-order valence-corrected chi connectivity index (χ3v) is 6.89. The molecule has 0 amide bonds. The molecule has 0 N–H and O–H groups in total. The fourth-order valence-electron chi connectivity index (χ4n) is 3.63. The van der Waals surface area contributed by atoms with Crippen molar-refractivity contribution in [1.82, 2.24) is 9.78 Å². The summed E-state index contributed by atoms with van der Waals surface area (Å²) in [4.78, 5) is 12.5. The molecule has 4 rings (SSSR count). The van der Waals surface area contributed by atoms with Crippen LogP contribution < -0.4 is 0 Å². The Hall–Kier alpha value is -2.66. The van der Waals surface area contributed by atoms with Crippen LogP contribution in [0.15, 0.2) is 24.3 Å². The topological polar surface area (TPSA) is 44.1 Å². The first kappa shape index (κ1) is 17.7. The number of ether oxygens (including phenoxy) is 1. The summed E-state index contributed by atoms with van der Waals surface area (Å²) in [5, 5.41) is 5.75. The van der Waals surface area contributed by atoms with Gasteiger partial charge in [-0.15, -0.1) is 11.3 Å². The number of hydrogen-bond acceptors (Lipinski definition) is 4. The van der Waals surface area contributed by atoms with E-state index in [9.17, 15) is 4.79 Å². The molecule has 0 unspecified atom stereocenters. The SMILES string of the molecule is COC(=O)n1nc(-c2ccc(C)cc2)c2sc3c(C)c(C)c(C)c(C)c3c21. The molecular weight excluding hydrogens is 356 g/mol. The Kier molecular flexibility index (Phi) is 4.07. The minimum absolute atomic E-state index is 0.464. The number of nitrogens with zero attached hydrogens (tertiary/aromatic N) is 2. The van der Waals surface area contributed by atoms with Crippen molar-refractivity contribution in [3.63, 3.8) is 0 Å². The summed E-state index contributed by atoms with van der Waals surface area (Å²) in [6.45, 7) is 10.6. The predicted octanol–water partition coefficient (Wildman–Crippen LogP) is 6.07. The highest BCUT2D eigenvalue weighted by molar-refractivity contribution is 7.26. The van der Waals surface area contributed by atoms with Crippen molar-refractivity contribution in [1.29, 1.82) is 0 Å². The van der Waals surface area contributed by atoms with Gasteiger partial charge in [0.25, 0.3) is 0 Å². The highest BCUT2D eigenvalue weighted by atomic mass is 32.1. The Morgan fingerprint density at radius 2 is 1.56 bits per heavy atom. The predicted molar refractivity (Wildman–Crippen MR) is 112 cm³/mol. The smallest absolute Gasteiger partial charge is 0.435 e. The van der Waals surface area contributed by atoms with Gasteiger partial charge in [-0.2, -0.15) is 9.78 Å². The lowest BCUT2D eigenvalue weighted by Gasteiger charge is -2.11. The van der Waals surface area contributed by atoms with Gasteiger partial charge in [-0.3, -0.25) is 0 Å². The Bertz CT molecular complexity index is 1210. The molecule has 0 saturated heterocycles. The highest BCUT2D eigenvalue weighted by Crippen LogP contribution is 2.44. The van der Waals surface area contributed by atoms with E-state index in [2.05, 4.69) is 64.0 Å². The molecule has 0 aliphatic rings. The van der Waals surface area contributed by atoms with E-state index in [4.69, 9.17) is 4.74 Å². The van der Waals surface area contributed by atoms with Crippen LogP contribution in [0.4, 0.5) is 4.79 Å². The van der Waals surface area contributed by atoms with Crippen LogP contribution in [0, 0.1) is 34.6 Å². The molecule has 0 saturated carbocycles. The number of rotatable bonds is 1. The summed E-state index contributed by atoms with van der Waals surface area (Å²) in [5.74, 6) is 0. The maximum atomic E-state index is 12.5. The van der Waals surface area contributed by atoms with Gasteiger partial charge in [0, 0.05) is 15.6 Å². The summed E-state index contributed by atoms with van der Waals surface area (Å²) in [6, 6.07) is 8.24. The van der Waals surface area contributed by atoms with Crippen LogP contribution in [0.25, 0.3) is 31.6 Å². The van der Waals surface area contributed by atoms with E-state index in [1.165, 1.54) is 44.3 Å². The minimum atomic E-state index is -0.464. The van der Waals surface area contributed by atoms with Gasteiger partial charge in [0.05, 0.1) is 11.8 Å². The summed E-state index contributed by atoms with van der Waals surface area (Å²) in [6.07, 6.45) is -0.464. The second kappa shape index (κ2) is 6.20. The zero-order valence-corrected chi connectivity index (χ0v) is 17.2. The average Bonchev–Trinajstić information content (AvgIpc) is 3.22. The molecule has 0 radical (unpaired) electrons. The van der Waals surface area contributed by atoms with Crippen molar-refractivity contribution >= 4 is 37.7 Å². The number of carbonyl (C=O) groups excluding carboxylic acids is 1. The standard InChI is InChI=1S/C22H22N2O2S/c1-11-7-9-16(10-8-11)18-21-19(24(23-18)22(25)26-6)17-14(4)12(2)13(3)15(5)20(17)27-21/h7-10H,1-6H3. The lowest BCUT2D eigenvalue weighted by Crippen LogP contribution is -2.13. The number of aromatic nitrogens is 2. The fourth-order valence-corrected chi connectivity index (χ4v) is 5.03. The van der Waals surface area contributed by atoms with E-state index in [-0.39, 0.29) is 0 Å². The third-order valence-electron chi connectivity index (χ3n) is 5.59. The van der Waals surface area contributed by atoms with E-state index in [1.54, 1.807) is 11.3 Å². The van der Waals surface area contributed by atoms with Crippen molar-refractivity contribution in [2.24, 2.45) is 0 Å². The van der Waals surface area contributed by atoms with Crippen molar-refractivity contribution < 1.29 is 9.53 Å². The van der Waals surface area contributed by atoms with Gasteiger partial charge in [0.15, 0.2) is 0 Å². The molecule has 138 valence electrons. The lowest BCUT2D eigenvalue weighted by atomic mass is 9.96. The molecule has 5 heteroatoms. The van der Waals surface area contributed by atoms with E-state index in [0.29, 0.717) is 0 Å². The van der Waals surface area contributed by atoms with Gasteiger partial charge in [0.2, 0.25) is 0 Å². The first-order chi connectivity index (χ1) is 12.8. The van der Waals surface area contributed by atoms with Crippen LogP contribution in [0.1, 0.15) is 27.8 Å². The van der Waals surface area contributed by atoms with Crippen molar-refractivity contribution in [3.8, 4) is 11.3 Å². The fraction of sp³-hybridized carbons (Fsp3) is 0.273. The Morgan fingerprint density at radius 1 is 0.926 bits per heavy atom. The Balaban J connectivity index is 2.19. The van der Waals surface area contributed by atoms with Crippen LogP contribution in [-0.2, 0) is 4.74 Å². The first-order valence-corrected chi connectivity index (χ1v) is 9.73. The van der Waals surface area contributed by atoms with Crippen LogP contribution in [0.5, 0.6) is 0 Å². The summed E-state index contributed by atoms with van der Waals surface area (Å²) < 4.78 is 8.68. The van der Waals surface area contributed by atoms with Crippen LogP contribution >= 0.6 is 11.3 Å². The zero-order chi connectivity index (χ0) is 19.5. The van der Waals surface area contributed by atoms with Crippen molar-refractivity contribution in [3.05, 3.63) is 52.1 Å². The molecule has 2 heterocycles. The quantitative estimate of drug-likeness (QED) is 0.403. The van der Waals surface area contributed by atoms with Gasteiger partial charge in [-0.25, -0.2) is 4.79 Å². The van der Waals surface area contributed by atoms with Crippen LogP contribution in [0.2, 0.25) is 0 Å². The number of methoxy groups -OCH3 is 1.